The Morgan fingerprint density at radius 3 is 2.48 bits per heavy atom. The molecular weight excluding hydrogens is 353 g/mol. The lowest BCUT2D eigenvalue weighted by Crippen LogP contribution is -2.27. The number of alkyl halides is 3. The number of nitrogens with zero attached hydrogens (tertiary/aromatic N) is 2. The zero-order chi connectivity index (χ0) is 18.9. The fraction of sp³-hybridized carbons (Fsp3) is 0.667. The molecule has 148 valence electrons. The van der Waals surface area contributed by atoms with Gasteiger partial charge in [-0.2, -0.15) is 13.2 Å². The van der Waals surface area contributed by atoms with Crippen LogP contribution in [-0.2, 0) is 11.3 Å². The van der Waals surface area contributed by atoms with Gasteiger partial charge in [-0.3, -0.25) is 0 Å². The highest BCUT2D eigenvalue weighted by Crippen LogP contribution is 2.43. The van der Waals surface area contributed by atoms with Crippen molar-refractivity contribution in [1.82, 2.24) is 9.55 Å². The molecule has 0 amide bonds. The number of hydrogen-bond donors (Lipinski definition) is 0. The Morgan fingerprint density at radius 1 is 1.04 bits per heavy atom. The van der Waals surface area contributed by atoms with Crippen LogP contribution in [0.15, 0.2) is 24.5 Å². The normalized spacial score (nSPS) is 24.7. The van der Waals surface area contributed by atoms with Gasteiger partial charge in [0.05, 0.1) is 36.0 Å². The average molecular weight is 380 g/mol. The second kappa shape index (κ2) is 7.82. The third-order valence-electron chi connectivity index (χ3n) is 6.29. The van der Waals surface area contributed by atoms with E-state index in [1.165, 1.54) is 12.8 Å². The smallest absolute Gasteiger partial charge is 0.376 e. The minimum absolute atomic E-state index is 0.214. The highest BCUT2D eigenvalue weighted by molar-refractivity contribution is 5.76. The summed E-state index contributed by atoms with van der Waals surface area (Å²) in [6.45, 7) is 1.44. The Labute approximate surface area is 157 Å². The van der Waals surface area contributed by atoms with E-state index in [1.807, 2.05) is 18.5 Å². The highest BCUT2D eigenvalue weighted by Gasteiger charge is 2.41. The summed E-state index contributed by atoms with van der Waals surface area (Å²) in [4.78, 5) is 4.46. The molecule has 6 heteroatoms. The number of benzene rings is 1. The number of ether oxygens (including phenoxy) is 1. The third kappa shape index (κ3) is 4.31. The van der Waals surface area contributed by atoms with Crippen LogP contribution in [0.3, 0.4) is 0 Å². The molecule has 3 nitrogen and oxygen atoms in total. The molecule has 1 heterocycles. The molecule has 0 saturated heterocycles. The third-order valence-corrected chi connectivity index (χ3v) is 6.29. The predicted molar refractivity (Wildman–Crippen MR) is 98.7 cm³/mol. The maximum absolute atomic E-state index is 12.9. The summed E-state index contributed by atoms with van der Waals surface area (Å²) in [5.41, 5.74) is 3.13. The maximum Gasteiger partial charge on any atom is 0.391 e. The van der Waals surface area contributed by atoms with Crippen molar-refractivity contribution in [3.05, 3.63) is 30.1 Å². The lowest BCUT2D eigenvalue weighted by atomic mass is 9.78. The molecule has 2 aromatic rings. The Hall–Kier alpha value is -1.56. The van der Waals surface area contributed by atoms with Crippen LogP contribution in [0, 0.1) is 5.92 Å². The zero-order valence-electron chi connectivity index (χ0n) is 15.5. The summed E-state index contributed by atoms with van der Waals surface area (Å²) in [7, 11) is 0. The summed E-state index contributed by atoms with van der Waals surface area (Å²) in [5.74, 6) is -0.915. The van der Waals surface area contributed by atoms with Gasteiger partial charge in [-0.1, -0.05) is 18.9 Å². The fourth-order valence-electron chi connectivity index (χ4n) is 4.63. The van der Waals surface area contributed by atoms with Gasteiger partial charge in [0.15, 0.2) is 0 Å². The molecule has 2 fully saturated rings. The molecule has 0 atom stereocenters. The summed E-state index contributed by atoms with van der Waals surface area (Å²) in [5, 5.41) is 0. The number of halogens is 3. The molecule has 2 aliphatic rings. The van der Waals surface area contributed by atoms with Crippen LogP contribution >= 0.6 is 0 Å². The van der Waals surface area contributed by atoms with Gasteiger partial charge in [0.2, 0.25) is 0 Å². The first kappa shape index (κ1) is 18.8. The lowest BCUT2D eigenvalue weighted by molar-refractivity contribution is -0.182. The molecule has 0 N–H and O–H groups in total. The fourth-order valence-corrected chi connectivity index (χ4v) is 4.63. The molecule has 0 bridgehead atoms. The summed E-state index contributed by atoms with van der Waals surface area (Å²) in [6, 6.07) is 6.15. The van der Waals surface area contributed by atoms with Crippen LogP contribution in [0.25, 0.3) is 11.0 Å². The number of imidazole rings is 1. The summed E-state index contributed by atoms with van der Waals surface area (Å²) in [6.07, 6.45) is 4.73. The standard InChI is InChI=1S/C21H27F3N2O/c22-21(23,24)17-8-5-15(6-9-17)16-7-10-19-20(13-16)26(14-25-19)11-12-27-18-3-1-2-4-18/h7,10,13-15,17-18H,1-6,8-9,11-12H2. The molecule has 0 radical (unpaired) electrons. The Morgan fingerprint density at radius 2 is 1.78 bits per heavy atom. The van der Waals surface area contributed by atoms with Gasteiger partial charge < -0.3 is 9.30 Å². The van der Waals surface area contributed by atoms with Crippen LogP contribution in [0.2, 0.25) is 0 Å². The van der Waals surface area contributed by atoms with Crippen LogP contribution in [0.4, 0.5) is 13.2 Å². The van der Waals surface area contributed by atoms with Crippen LogP contribution < -0.4 is 0 Å². The van der Waals surface area contributed by atoms with Gasteiger partial charge in [-0.05, 0) is 62.1 Å². The van der Waals surface area contributed by atoms with E-state index in [4.69, 9.17) is 4.74 Å². The number of fused-ring (bicyclic) bond motifs is 1. The van der Waals surface area contributed by atoms with Gasteiger partial charge in [-0.15, -0.1) is 0 Å². The van der Waals surface area contributed by atoms with Crippen molar-refractivity contribution in [2.24, 2.45) is 5.92 Å². The van der Waals surface area contributed by atoms with Crippen molar-refractivity contribution >= 4 is 11.0 Å². The highest BCUT2D eigenvalue weighted by atomic mass is 19.4. The second-order valence-corrected chi connectivity index (χ2v) is 8.05. The first-order valence-corrected chi connectivity index (χ1v) is 10.1. The predicted octanol–water partition coefficient (Wildman–Crippen LogP) is 5.83. The van der Waals surface area contributed by atoms with E-state index >= 15 is 0 Å². The van der Waals surface area contributed by atoms with E-state index in [1.54, 1.807) is 0 Å². The SMILES string of the molecule is FC(F)(F)C1CCC(c2ccc3ncn(CCOC4CCCC4)c3c2)CC1. The first-order chi connectivity index (χ1) is 13.0. The zero-order valence-corrected chi connectivity index (χ0v) is 15.5. The van der Waals surface area contributed by atoms with Crippen molar-refractivity contribution in [3.63, 3.8) is 0 Å². The molecule has 0 spiro atoms. The quantitative estimate of drug-likeness (QED) is 0.652. The van der Waals surface area contributed by atoms with Gasteiger partial charge in [0.1, 0.15) is 0 Å². The number of rotatable bonds is 5. The molecule has 2 aliphatic carbocycles. The summed E-state index contributed by atoms with van der Waals surface area (Å²) >= 11 is 0. The Bertz CT molecular complexity index is 756. The van der Waals surface area contributed by atoms with E-state index in [0.29, 0.717) is 25.6 Å². The largest absolute Gasteiger partial charge is 0.391 e. The van der Waals surface area contributed by atoms with E-state index in [9.17, 15) is 13.2 Å². The average Bonchev–Trinajstić information content (AvgIpc) is 3.31. The molecule has 27 heavy (non-hydrogen) atoms. The number of aromatic nitrogens is 2. The molecule has 1 aromatic heterocycles. The molecule has 4 rings (SSSR count). The van der Waals surface area contributed by atoms with Crippen molar-refractivity contribution < 1.29 is 17.9 Å². The van der Waals surface area contributed by atoms with Crippen molar-refractivity contribution in [1.29, 1.82) is 0 Å². The van der Waals surface area contributed by atoms with Crippen LogP contribution in [0.5, 0.6) is 0 Å². The first-order valence-electron chi connectivity index (χ1n) is 10.1. The van der Waals surface area contributed by atoms with Gasteiger partial charge in [0, 0.05) is 6.54 Å². The minimum atomic E-state index is -4.05. The monoisotopic (exact) mass is 380 g/mol. The molecule has 1 aromatic carbocycles. The van der Waals surface area contributed by atoms with E-state index < -0.39 is 12.1 Å². The van der Waals surface area contributed by atoms with Crippen molar-refractivity contribution in [2.75, 3.05) is 6.61 Å². The molecule has 0 unspecified atom stereocenters. The molecule has 2 saturated carbocycles. The van der Waals surface area contributed by atoms with Gasteiger partial charge in [0.25, 0.3) is 0 Å². The van der Waals surface area contributed by atoms with E-state index in [0.717, 1.165) is 36.0 Å². The molecular formula is C21H27F3N2O. The molecule has 0 aliphatic heterocycles. The van der Waals surface area contributed by atoms with Gasteiger partial charge >= 0.3 is 6.18 Å². The van der Waals surface area contributed by atoms with Crippen LogP contribution in [0.1, 0.15) is 62.8 Å². The Kier molecular flexibility index (Phi) is 5.44. The second-order valence-electron chi connectivity index (χ2n) is 8.05. The van der Waals surface area contributed by atoms with Crippen LogP contribution in [-0.4, -0.2) is 28.4 Å². The minimum Gasteiger partial charge on any atom is -0.376 e. The topological polar surface area (TPSA) is 27.1 Å². The lowest BCUT2D eigenvalue weighted by Gasteiger charge is -2.30. The maximum atomic E-state index is 12.9. The summed E-state index contributed by atoms with van der Waals surface area (Å²) < 4.78 is 46.8. The van der Waals surface area contributed by atoms with Crippen molar-refractivity contribution in [3.8, 4) is 0 Å². The van der Waals surface area contributed by atoms with E-state index in [2.05, 4.69) is 15.6 Å². The number of hydrogen-bond acceptors (Lipinski definition) is 2. The van der Waals surface area contributed by atoms with Gasteiger partial charge in [-0.25, -0.2) is 4.98 Å². The van der Waals surface area contributed by atoms with E-state index in [-0.39, 0.29) is 18.8 Å². The van der Waals surface area contributed by atoms with Crippen molar-refractivity contribution in [2.45, 2.75) is 76.1 Å². The Balaban J connectivity index is 1.41.